The molecule has 52 valence electrons. The van der Waals surface area contributed by atoms with E-state index in [1.165, 1.54) is 0 Å². The number of hydrogen-bond acceptors (Lipinski definition) is 3. The number of hydrogen-bond donors (Lipinski definition) is 1. The zero-order valence-electron chi connectivity index (χ0n) is 5.63. The highest BCUT2D eigenvalue weighted by Gasteiger charge is 2.14. The first-order valence-corrected chi connectivity index (χ1v) is 3.28. The molecule has 9 heavy (non-hydrogen) atoms. The predicted octanol–water partition coefficient (Wildman–Crippen LogP) is 0.371. The minimum atomic E-state index is 0.307. The first-order chi connectivity index (χ1) is 4.43. The molecule has 3 nitrogen and oxygen atoms in total. The third-order valence-electron chi connectivity index (χ3n) is 1.33. The summed E-state index contributed by atoms with van der Waals surface area (Å²) >= 11 is 0. The summed E-state index contributed by atoms with van der Waals surface area (Å²) in [5.41, 5.74) is 0. The summed E-state index contributed by atoms with van der Waals surface area (Å²) in [6.07, 6.45) is 3.05. The van der Waals surface area contributed by atoms with Crippen molar-refractivity contribution < 1.29 is 4.84 Å². The van der Waals surface area contributed by atoms with Gasteiger partial charge in [-0.25, -0.2) is 0 Å². The van der Waals surface area contributed by atoms with Crippen LogP contribution in [0.3, 0.4) is 0 Å². The van der Waals surface area contributed by atoms with E-state index in [0.29, 0.717) is 6.10 Å². The van der Waals surface area contributed by atoms with E-state index in [9.17, 15) is 0 Å². The summed E-state index contributed by atoms with van der Waals surface area (Å²) in [7, 11) is 0. The van der Waals surface area contributed by atoms with Crippen molar-refractivity contribution in [2.75, 3.05) is 13.1 Å². The SMILES string of the molecule is C/C=N\OC1CCNC1. The highest BCUT2D eigenvalue weighted by Crippen LogP contribution is 2.01. The molecule has 1 N–H and O–H groups in total. The standard InChI is InChI=1S/C6H12N2O/c1-2-8-9-6-3-4-7-5-6/h2,6-7H,3-5H2,1H3/b8-2-. The van der Waals surface area contributed by atoms with Crippen molar-refractivity contribution in [1.29, 1.82) is 0 Å². The lowest BCUT2D eigenvalue weighted by Crippen LogP contribution is -2.14. The van der Waals surface area contributed by atoms with Gasteiger partial charge in [-0.15, -0.1) is 0 Å². The van der Waals surface area contributed by atoms with E-state index < -0.39 is 0 Å². The summed E-state index contributed by atoms with van der Waals surface area (Å²) in [5, 5.41) is 6.87. The predicted molar refractivity (Wildman–Crippen MR) is 36.5 cm³/mol. The van der Waals surface area contributed by atoms with E-state index in [2.05, 4.69) is 10.5 Å². The third-order valence-corrected chi connectivity index (χ3v) is 1.33. The van der Waals surface area contributed by atoms with Crippen LogP contribution in [0.4, 0.5) is 0 Å². The zero-order valence-corrected chi connectivity index (χ0v) is 5.63. The molecule has 0 radical (unpaired) electrons. The van der Waals surface area contributed by atoms with Gasteiger partial charge >= 0.3 is 0 Å². The Labute approximate surface area is 55.1 Å². The van der Waals surface area contributed by atoms with Gasteiger partial charge in [-0.05, 0) is 13.5 Å². The fourth-order valence-corrected chi connectivity index (χ4v) is 0.865. The molecule has 0 aromatic rings. The molecule has 1 aliphatic heterocycles. The first kappa shape index (κ1) is 6.55. The highest BCUT2D eigenvalue weighted by molar-refractivity contribution is 5.52. The van der Waals surface area contributed by atoms with E-state index in [1.54, 1.807) is 6.21 Å². The van der Waals surface area contributed by atoms with Gasteiger partial charge in [0.05, 0.1) is 0 Å². The van der Waals surface area contributed by atoms with Crippen LogP contribution < -0.4 is 5.32 Å². The van der Waals surface area contributed by atoms with Crippen LogP contribution in [0.15, 0.2) is 5.16 Å². The molecule has 1 unspecified atom stereocenters. The Balaban J connectivity index is 2.11. The van der Waals surface area contributed by atoms with Crippen LogP contribution in [-0.2, 0) is 4.84 Å². The second kappa shape index (κ2) is 3.45. The van der Waals surface area contributed by atoms with Crippen LogP contribution in [0.2, 0.25) is 0 Å². The van der Waals surface area contributed by atoms with Gasteiger partial charge in [-0.2, -0.15) is 0 Å². The maximum absolute atomic E-state index is 5.06. The molecule has 1 rings (SSSR count). The molecule has 0 aliphatic carbocycles. The molecule has 1 atom stereocenters. The smallest absolute Gasteiger partial charge is 0.141 e. The molecule has 0 spiro atoms. The lowest BCUT2D eigenvalue weighted by atomic mass is 10.3. The van der Waals surface area contributed by atoms with Crippen molar-refractivity contribution in [3.05, 3.63) is 0 Å². The van der Waals surface area contributed by atoms with Crippen LogP contribution in [0, 0.1) is 0 Å². The van der Waals surface area contributed by atoms with Crippen molar-refractivity contribution in [1.82, 2.24) is 5.32 Å². The van der Waals surface area contributed by atoms with Gasteiger partial charge in [0.25, 0.3) is 0 Å². The minimum absolute atomic E-state index is 0.307. The van der Waals surface area contributed by atoms with Crippen molar-refractivity contribution in [3.8, 4) is 0 Å². The topological polar surface area (TPSA) is 33.6 Å². The molecule has 3 heteroatoms. The van der Waals surface area contributed by atoms with Gasteiger partial charge in [0.15, 0.2) is 0 Å². The number of rotatable bonds is 2. The van der Waals surface area contributed by atoms with Crippen molar-refractivity contribution in [2.45, 2.75) is 19.4 Å². The van der Waals surface area contributed by atoms with Gasteiger partial charge in [-0.3, -0.25) is 0 Å². The maximum Gasteiger partial charge on any atom is 0.141 e. The van der Waals surface area contributed by atoms with Crippen molar-refractivity contribution in [2.24, 2.45) is 5.16 Å². The van der Waals surface area contributed by atoms with Crippen LogP contribution in [-0.4, -0.2) is 25.4 Å². The van der Waals surface area contributed by atoms with E-state index in [0.717, 1.165) is 19.5 Å². The monoisotopic (exact) mass is 128 g/mol. The molecule has 1 saturated heterocycles. The average Bonchev–Trinajstić information content (AvgIpc) is 2.34. The van der Waals surface area contributed by atoms with Gasteiger partial charge in [-0.1, -0.05) is 5.16 Å². The molecule has 0 amide bonds. The number of nitrogens with zero attached hydrogens (tertiary/aromatic N) is 1. The van der Waals surface area contributed by atoms with Gasteiger partial charge in [0.2, 0.25) is 0 Å². The Kier molecular flexibility index (Phi) is 2.51. The molecular weight excluding hydrogens is 116 g/mol. The second-order valence-corrected chi connectivity index (χ2v) is 2.08. The average molecular weight is 128 g/mol. The summed E-state index contributed by atoms with van der Waals surface area (Å²) in [5.74, 6) is 0. The quantitative estimate of drug-likeness (QED) is 0.430. The molecular formula is C6H12N2O. The fraction of sp³-hybridized carbons (Fsp3) is 0.833. The number of nitrogens with one attached hydrogen (secondary N) is 1. The molecule has 0 aromatic heterocycles. The van der Waals surface area contributed by atoms with Gasteiger partial charge in [0, 0.05) is 19.2 Å². The molecule has 0 aromatic carbocycles. The molecule has 1 aliphatic rings. The van der Waals surface area contributed by atoms with E-state index in [-0.39, 0.29) is 0 Å². The van der Waals surface area contributed by atoms with Crippen LogP contribution in [0.25, 0.3) is 0 Å². The fourth-order valence-electron chi connectivity index (χ4n) is 0.865. The lowest BCUT2D eigenvalue weighted by Gasteiger charge is -2.03. The summed E-state index contributed by atoms with van der Waals surface area (Å²) in [4.78, 5) is 5.06. The zero-order chi connectivity index (χ0) is 6.53. The van der Waals surface area contributed by atoms with Gasteiger partial charge < -0.3 is 10.2 Å². The molecule has 1 heterocycles. The van der Waals surface area contributed by atoms with E-state index in [4.69, 9.17) is 4.84 Å². The highest BCUT2D eigenvalue weighted by atomic mass is 16.6. The van der Waals surface area contributed by atoms with Crippen LogP contribution in [0.1, 0.15) is 13.3 Å². The van der Waals surface area contributed by atoms with E-state index >= 15 is 0 Å². The normalized spacial score (nSPS) is 27.4. The molecule has 0 saturated carbocycles. The Bertz CT molecular complexity index is 97.2. The maximum atomic E-state index is 5.06. The number of oxime groups is 1. The Morgan fingerprint density at radius 2 is 2.67 bits per heavy atom. The van der Waals surface area contributed by atoms with E-state index in [1.807, 2.05) is 6.92 Å². The van der Waals surface area contributed by atoms with Crippen molar-refractivity contribution in [3.63, 3.8) is 0 Å². The first-order valence-electron chi connectivity index (χ1n) is 3.28. The summed E-state index contributed by atoms with van der Waals surface area (Å²) in [6, 6.07) is 0. The van der Waals surface area contributed by atoms with Gasteiger partial charge in [0.1, 0.15) is 6.10 Å². The van der Waals surface area contributed by atoms with Crippen LogP contribution in [0.5, 0.6) is 0 Å². The third kappa shape index (κ3) is 2.01. The summed E-state index contributed by atoms with van der Waals surface area (Å²) < 4.78 is 0. The Morgan fingerprint density at radius 3 is 3.22 bits per heavy atom. The molecule has 0 bridgehead atoms. The second-order valence-electron chi connectivity index (χ2n) is 2.08. The van der Waals surface area contributed by atoms with Crippen LogP contribution >= 0.6 is 0 Å². The van der Waals surface area contributed by atoms with Crippen molar-refractivity contribution >= 4 is 6.21 Å². The Morgan fingerprint density at radius 1 is 1.78 bits per heavy atom. The largest absolute Gasteiger partial charge is 0.391 e. The lowest BCUT2D eigenvalue weighted by molar-refractivity contribution is 0.0746. The molecule has 1 fully saturated rings. The summed E-state index contributed by atoms with van der Waals surface area (Å²) in [6.45, 7) is 3.85. The Hall–Kier alpha value is -0.570. The minimum Gasteiger partial charge on any atom is -0.391 e.